The maximum Gasteiger partial charge on any atom is 0.335 e. The molecule has 0 saturated carbocycles. The minimum atomic E-state index is -0.954. The van der Waals surface area contributed by atoms with Crippen LogP contribution in [0, 0.1) is 17.7 Å². The van der Waals surface area contributed by atoms with Gasteiger partial charge < -0.3 is 14.9 Å². The molecule has 5 nitrogen and oxygen atoms in total. The highest BCUT2D eigenvalue weighted by Gasteiger charge is 2.21. The molecule has 2 N–H and O–H groups in total. The Morgan fingerprint density at radius 3 is 2.30 bits per heavy atom. The first-order valence-electron chi connectivity index (χ1n) is 15.7. The van der Waals surface area contributed by atoms with E-state index in [0.717, 1.165) is 61.6 Å². The minimum Gasteiger partial charge on any atom is -0.481 e. The van der Waals surface area contributed by atoms with E-state index in [1.54, 1.807) is 24.3 Å². The van der Waals surface area contributed by atoms with Crippen LogP contribution in [0.5, 0.6) is 0 Å². The van der Waals surface area contributed by atoms with E-state index in [-0.39, 0.29) is 29.8 Å². The molecule has 44 heavy (non-hydrogen) atoms. The Bertz CT molecular complexity index is 1380. The molecule has 0 heterocycles. The molecule has 0 saturated heterocycles. The van der Waals surface area contributed by atoms with Crippen molar-refractivity contribution >= 4 is 11.9 Å². The number of carbonyl (C=O) groups is 2. The summed E-state index contributed by atoms with van der Waals surface area (Å²) >= 11 is 0. The molecule has 6 heteroatoms. The second-order valence-electron chi connectivity index (χ2n) is 11.8. The second kappa shape index (κ2) is 17.3. The lowest BCUT2D eigenvalue weighted by Gasteiger charge is -2.26. The van der Waals surface area contributed by atoms with Crippen molar-refractivity contribution in [1.29, 1.82) is 0 Å². The summed E-state index contributed by atoms with van der Waals surface area (Å²) in [6.45, 7) is 0.461. The third-order valence-electron chi connectivity index (χ3n) is 8.38. The van der Waals surface area contributed by atoms with Crippen LogP contribution in [0.25, 0.3) is 0 Å². The predicted octanol–water partition coefficient (Wildman–Crippen LogP) is 9.00. The van der Waals surface area contributed by atoms with E-state index in [1.807, 2.05) is 18.2 Å². The van der Waals surface area contributed by atoms with Crippen molar-refractivity contribution in [3.05, 3.63) is 131 Å². The Morgan fingerprint density at radius 2 is 1.64 bits per heavy atom. The molecule has 1 aliphatic carbocycles. The van der Waals surface area contributed by atoms with E-state index >= 15 is 0 Å². The van der Waals surface area contributed by atoms with Gasteiger partial charge in [0.05, 0.1) is 18.3 Å². The van der Waals surface area contributed by atoms with Gasteiger partial charge in [-0.1, -0.05) is 92.1 Å². The lowest BCUT2D eigenvalue weighted by molar-refractivity contribution is -0.137. The van der Waals surface area contributed by atoms with Gasteiger partial charge in [-0.3, -0.25) is 4.79 Å². The van der Waals surface area contributed by atoms with E-state index in [1.165, 1.54) is 17.7 Å². The quantitative estimate of drug-likeness (QED) is 0.143. The van der Waals surface area contributed by atoms with Crippen molar-refractivity contribution in [3.63, 3.8) is 0 Å². The Hall–Kier alpha value is -4.03. The van der Waals surface area contributed by atoms with Crippen molar-refractivity contribution in [2.45, 2.75) is 70.3 Å². The monoisotopic (exact) mass is 598 g/mol. The van der Waals surface area contributed by atoms with Gasteiger partial charge in [0.1, 0.15) is 5.82 Å². The fraction of sp³-hybridized carbons (Fsp3) is 0.368. The molecule has 0 spiro atoms. The average molecular weight is 599 g/mol. The Labute approximate surface area is 260 Å². The number of aromatic carboxylic acids is 1. The highest BCUT2D eigenvalue weighted by molar-refractivity contribution is 5.87. The SMILES string of the molecule is O=C(O)CCCCC[C@H](Cc1ccc(C(=O)O)cc1)CC(OCC1=CCC(CCc2ccccc2)C=C1)c1ccc(F)cc1. The van der Waals surface area contributed by atoms with Crippen molar-refractivity contribution in [2.75, 3.05) is 6.61 Å². The molecule has 4 rings (SSSR count). The first-order valence-corrected chi connectivity index (χ1v) is 15.7. The number of carboxylic acid groups (broad SMARTS) is 2. The maximum atomic E-state index is 13.8. The van der Waals surface area contributed by atoms with Crippen LogP contribution >= 0.6 is 0 Å². The first-order chi connectivity index (χ1) is 21.4. The maximum absolute atomic E-state index is 13.8. The normalized spacial score (nSPS) is 15.8. The molecular formula is C38H43FO5. The van der Waals surface area contributed by atoms with Gasteiger partial charge in [0.15, 0.2) is 0 Å². The fourth-order valence-corrected chi connectivity index (χ4v) is 5.81. The summed E-state index contributed by atoms with van der Waals surface area (Å²) in [5.74, 6) is -1.31. The highest BCUT2D eigenvalue weighted by atomic mass is 19.1. The smallest absolute Gasteiger partial charge is 0.335 e. The van der Waals surface area contributed by atoms with Crippen LogP contribution in [-0.2, 0) is 22.4 Å². The van der Waals surface area contributed by atoms with Crippen molar-refractivity contribution in [1.82, 2.24) is 0 Å². The summed E-state index contributed by atoms with van der Waals surface area (Å²) in [6.07, 6.45) is 14.5. The van der Waals surface area contributed by atoms with Crippen molar-refractivity contribution in [2.24, 2.45) is 11.8 Å². The number of allylic oxidation sites excluding steroid dienone is 2. The first kappa shape index (κ1) is 32.9. The number of benzene rings is 3. The van der Waals surface area contributed by atoms with Gasteiger partial charge in [-0.25, -0.2) is 9.18 Å². The summed E-state index contributed by atoms with van der Waals surface area (Å²) in [4.78, 5) is 22.3. The molecule has 3 atom stereocenters. The minimum absolute atomic E-state index is 0.165. The Balaban J connectivity index is 1.40. The van der Waals surface area contributed by atoms with Crippen LogP contribution in [0.4, 0.5) is 4.39 Å². The van der Waals surface area contributed by atoms with Crippen LogP contribution in [0.2, 0.25) is 0 Å². The van der Waals surface area contributed by atoms with Crippen molar-refractivity contribution < 1.29 is 28.9 Å². The van der Waals surface area contributed by atoms with Gasteiger partial charge in [-0.15, -0.1) is 0 Å². The number of rotatable bonds is 18. The zero-order valence-corrected chi connectivity index (χ0v) is 25.2. The molecule has 0 aliphatic heterocycles. The molecule has 0 bridgehead atoms. The summed E-state index contributed by atoms with van der Waals surface area (Å²) in [7, 11) is 0. The average Bonchev–Trinajstić information content (AvgIpc) is 3.03. The van der Waals surface area contributed by atoms with Crippen LogP contribution in [-0.4, -0.2) is 28.8 Å². The van der Waals surface area contributed by atoms with Crippen molar-refractivity contribution in [3.8, 4) is 0 Å². The zero-order valence-electron chi connectivity index (χ0n) is 25.2. The lowest BCUT2D eigenvalue weighted by Crippen LogP contribution is -2.15. The van der Waals surface area contributed by atoms with E-state index in [9.17, 15) is 19.1 Å². The van der Waals surface area contributed by atoms with E-state index in [2.05, 4.69) is 42.5 Å². The molecule has 0 radical (unpaired) electrons. The number of halogens is 1. The number of aliphatic carboxylic acids is 1. The second-order valence-corrected chi connectivity index (χ2v) is 11.8. The van der Waals surface area contributed by atoms with Crippen LogP contribution in [0.3, 0.4) is 0 Å². The Kier molecular flexibility index (Phi) is 12.9. The molecule has 0 fully saturated rings. The standard InChI is InChI=1S/C38H43FO5/c39-35-23-21-33(22-24-35)36(44-27-31-15-13-29(14-16-31)12-11-28-7-3-1-4-8-28)26-32(9-5-2-6-10-37(40)41)25-30-17-19-34(20-18-30)38(42)43/h1,3-4,7-8,13,15-24,29,32,36H,2,5-6,9-12,14,25-27H2,(H,40,41)(H,42,43)/t29?,32-,36?/m1/s1. The largest absolute Gasteiger partial charge is 0.481 e. The summed E-state index contributed by atoms with van der Waals surface area (Å²) in [6, 6.07) is 24.0. The molecule has 3 aromatic rings. The molecular weight excluding hydrogens is 555 g/mol. The third-order valence-corrected chi connectivity index (χ3v) is 8.38. The highest BCUT2D eigenvalue weighted by Crippen LogP contribution is 2.32. The Morgan fingerprint density at radius 1 is 0.886 bits per heavy atom. The summed E-state index contributed by atoms with van der Waals surface area (Å²) in [5, 5.41) is 18.3. The zero-order chi connectivity index (χ0) is 31.1. The van der Waals surface area contributed by atoms with E-state index in [0.29, 0.717) is 25.4 Å². The fourth-order valence-electron chi connectivity index (χ4n) is 5.81. The topological polar surface area (TPSA) is 83.8 Å². The van der Waals surface area contributed by atoms with Gasteiger partial charge in [0, 0.05) is 6.42 Å². The predicted molar refractivity (Wildman–Crippen MR) is 171 cm³/mol. The number of hydrogen-bond donors (Lipinski definition) is 2. The molecule has 3 aromatic carbocycles. The third kappa shape index (κ3) is 11.2. The van der Waals surface area contributed by atoms with Gasteiger partial charge in [-0.2, -0.15) is 0 Å². The molecule has 0 amide bonds. The molecule has 2 unspecified atom stereocenters. The number of aryl methyl sites for hydroxylation is 1. The van der Waals surface area contributed by atoms with Gasteiger partial charge >= 0.3 is 11.9 Å². The van der Waals surface area contributed by atoms with Crippen LogP contribution < -0.4 is 0 Å². The van der Waals surface area contributed by atoms with E-state index < -0.39 is 11.9 Å². The van der Waals surface area contributed by atoms with Crippen LogP contribution in [0.15, 0.2) is 103 Å². The van der Waals surface area contributed by atoms with Gasteiger partial charge in [0.2, 0.25) is 0 Å². The molecule has 0 aromatic heterocycles. The molecule has 232 valence electrons. The lowest BCUT2D eigenvalue weighted by atomic mass is 9.86. The number of ether oxygens (including phenoxy) is 1. The summed E-state index contributed by atoms with van der Waals surface area (Å²) in [5.41, 5.74) is 4.72. The van der Waals surface area contributed by atoms with Crippen LogP contribution in [0.1, 0.15) is 84.5 Å². The summed E-state index contributed by atoms with van der Waals surface area (Å²) < 4.78 is 20.4. The number of carboxylic acids is 2. The number of unbranched alkanes of at least 4 members (excludes halogenated alkanes) is 2. The van der Waals surface area contributed by atoms with Gasteiger partial charge in [0.25, 0.3) is 0 Å². The van der Waals surface area contributed by atoms with E-state index in [4.69, 9.17) is 9.84 Å². The number of hydrogen-bond acceptors (Lipinski definition) is 3. The van der Waals surface area contributed by atoms with Gasteiger partial charge in [-0.05, 0) is 96.9 Å². The molecule has 1 aliphatic rings.